The molecule has 8 heavy (non-hydrogen) atoms. The summed E-state index contributed by atoms with van der Waals surface area (Å²) in [5, 5.41) is 25.1. The standard InChI is InChI=1S/C3H9ClO3P/c4-8(1-5,2-6)3-7/h5-7H,1-3H2/q+1. The lowest BCUT2D eigenvalue weighted by Crippen LogP contribution is -2.00. The molecule has 0 amide bonds. The largest absolute Gasteiger partial charge is 0.360 e. The van der Waals surface area contributed by atoms with Gasteiger partial charge in [-0.05, 0) is 0 Å². The Morgan fingerprint density at radius 1 is 1.00 bits per heavy atom. The predicted molar refractivity (Wildman–Crippen MR) is 34.0 cm³/mol. The quantitative estimate of drug-likeness (QED) is 0.509. The molecule has 0 saturated carbocycles. The highest BCUT2D eigenvalue weighted by atomic mass is 35.7. The molecule has 0 atom stereocenters. The molecule has 3 N–H and O–H groups in total. The van der Waals surface area contributed by atoms with Crippen molar-refractivity contribution in [3.63, 3.8) is 0 Å². The summed E-state index contributed by atoms with van der Waals surface area (Å²) in [5.74, 6) is 0. The molecule has 0 rings (SSSR count). The smallest absolute Gasteiger partial charge is 0.192 e. The fourth-order valence-corrected chi connectivity index (χ4v) is 0.402. The first-order valence-electron chi connectivity index (χ1n) is 2.07. The molecule has 50 valence electrons. The fraction of sp³-hybridized carbons (Fsp3) is 1.00. The number of halogens is 1. The molecule has 0 saturated heterocycles. The topological polar surface area (TPSA) is 60.7 Å². The van der Waals surface area contributed by atoms with Gasteiger partial charge in [0.1, 0.15) is 0 Å². The first-order chi connectivity index (χ1) is 3.68. The maximum Gasteiger partial charge on any atom is 0.192 e. The van der Waals surface area contributed by atoms with Crippen molar-refractivity contribution in [3.8, 4) is 0 Å². The average Bonchev–Trinajstić information content (AvgIpc) is 1.87. The van der Waals surface area contributed by atoms with Crippen molar-refractivity contribution in [2.75, 3.05) is 19.0 Å². The summed E-state index contributed by atoms with van der Waals surface area (Å²) in [6.07, 6.45) is -0.912. The van der Waals surface area contributed by atoms with Gasteiger partial charge in [-0.15, -0.1) is 0 Å². The molecule has 0 bridgehead atoms. The van der Waals surface area contributed by atoms with Gasteiger partial charge in [-0.2, -0.15) is 0 Å². The molecule has 0 radical (unpaired) electrons. The Balaban J connectivity index is 3.58. The van der Waals surface area contributed by atoms with Crippen LogP contribution in [0.15, 0.2) is 0 Å². The van der Waals surface area contributed by atoms with Crippen molar-refractivity contribution < 1.29 is 15.3 Å². The first kappa shape index (κ1) is 8.60. The lowest BCUT2D eigenvalue weighted by molar-refractivity contribution is 0.317. The molecule has 0 aromatic heterocycles. The zero-order valence-corrected chi connectivity index (χ0v) is 5.94. The Bertz CT molecular complexity index is 57.3. The van der Waals surface area contributed by atoms with E-state index in [4.69, 9.17) is 26.6 Å². The monoisotopic (exact) mass is 159 g/mol. The maximum atomic E-state index is 8.38. The van der Waals surface area contributed by atoms with Crippen LogP contribution in [-0.4, -0.2) is 34.4 Å². The lowest BCUT2D eigenvalue weighted by atomic mass is 11.6. The van der Waals surface area contributed by atoms with Crippen LogP contribution in [0.1, 0.15) is 0 Å². The van der Waals surface area contributed by atoms with E-state index < -0.39 is 6.62 Å². The summed E-state index contributed by atoms with van der Waals surface area (Å²) in [6.45, 7) is -2.27. The molecular formula is C3H9ClO3P+. The van der Waals surface area contributed by atoms with E-state index in [1.807, 2.05) is 0 Å². The molecule has 0 spiro atoms. The molecule has 3 nitrogen and oxygen atoms in total. The van der Waals surface area contributed by atoms with Gasteiger partial charge in [0.2, 0.25) is 0 Å². The Morgan fingerprint density at radius 2 is 1.25 bits per heavy atom. The van der Waals surface area contributed by atoms with Crippen LogP contribution < -0.4 is 0 Å². The molecule has 0 aromatic carbocycles. The average molecular weight is 160 g/mol. The van der Waals surface area contributed by atoms with Gasteiger partial charge in [-0.3, -0.25) is 0 Å². The third kappa shape index (κ3) is 2.25. The molecule has 0 aromatic rings. The van der Waals surface area contributed by atoms with E-state index in [9.17, 15) is 0 Å². The van der Waals surface area contributed by atoms with Crippen LogP contribution >= 0.6 is 17.9 Å². The van der Waals surface area contributed by atoms with Crippen LogP contribution in [0.5, 0.6) is 0 Å². The summed E-state index contributed by atoms with van der Waals surface area (Å²) in [7, 11) is 0. The van der Waals surface area contributed by atoms with Crippen LogP contribution in [0.25, 0.3) is 0 Å². The second-order valence-corrected chi connectivity index (χ2v) is 6.51. The van der Waals surface area contributed by atoms with E-state index >= 15 is 0 Å². The zero-order valence-electron chi connectivity index (χ0n) is 4.29. The third-order valence-corrected chi connectivity index (χ3v) is 3.24. The molecule has 5 heteroatoms. The van der Waals surface area contributed by atoms with Crippen molar-refractivity contribution in [1.82, 2.24) is 0 Å². The van der Waals surface area contributed by atoms with Crippen LogP contribution in [0, 0.1) is 0 Å². The zero-order chi connectivity index (χ0) is 6.62. The number of hydrogen-bond acceptors (Lipinski definition) is 3. The maximum absolute atomic E-state index is 8.38. The molecule has 0 unspecified atom stereocenters. The number of hydrogen-bond donors (Lipinski definition) is 3. The molecular weight excluding hydrogens is 150 g/mol. The summed E-state index contributed by atoms with van der Waals surface area (Å²) >= 11 is 5.45. The van der Waals surface area contributed by atoms with Crippen molar-refractivity contribution in [2.45, 2.75) is 0 Å². The molecule has 0 heterocycles. The molecule has 0 aliphatic rings. The van der Waals surface area contributed by atoms with E-state index in [0.717, 1.165) is 0 Å². The Kier molecular flexibility index (Phi) is 3.86. The van der Waals surface area contributed by atoms with Gasteiger partial charge < -0.3 is 15.3 Å². The Labute approximate surface area is 53.0 Å². The minimum absolute atomic E-state index is 0.304. The SMILES string of the molecule is OC[P+](Cl)(CO)CO. The van der Waals surface area contributed by atoms with E-state index in [1.54, 1.807) is 0 Å². The van der Waals surface area contributed by atoms with E-state index in [-0.39, 0.29) is 19.0 Å². The van der Waals surface area contributed by atoms with E-state index in [1.165, 1.54) is 0 Å². The lowest BCUT2D eigenvalue weighted by Gasteiger charge is -2.07. The van der Waals surface area contributed by atoms with Crippen LogP contribution in [0.2, 0.25) is 0 Å². The number of aliphatic hydroxyl groups is 3. The summed E-state index contributed by atoms with van der Waals surface area (Å²) < 4.78 is 0. The second kappa shape index (κ2) is 3.59. The summed E-state index contributed by atoms with van der Waals surface area (Å²) in [4.78, 5) is 0. The fourth-order valence-electron chi connectivity index (χ4n) is 0.134. The van der Waals surface area contributed by atoms with Crippen LogP contribution in [0.4, 0.5) is 0 Å². The van der Waals surface area contributed by atoms with Gasteiger partial charge in [0.25, 0.3) is 0 Å². The van der Waals surface area contributed by atoms with Gasteiger partial charge in [-0.25, -0.2) is 0 Å². The second-order valence-electron chi connectivity index (χ2n) is 1.45. The van der Waals surface area contributed by atoms with Crippen molar-refractivity contribution in [3.05, 3.63) is 0 Å². The summed E-state index contributed by atoms with van der Waals surface area (Å²) in [5.41, 5.74) is 0. The normalized spacial score (nSPS) is 12.0. The van der Waals surface area contributed by atoms with Gasteiger partial charge in [0, 0.05) is 0 Å². The van der Waals surface area contributed by atoms with E-state index in [0.29, 0.717) is 0 Å². The van der Waals surface area contributed by atoms with Crippen molar-refractivity contribution in [1.29, 1.82) is 0 Å². The highest BCUT2D eigenvalue weighted by molar-refractivity contribution is 7.98. The van der Waals surface area contributed by atoms with Gasteiger partial charge in [-0.1, -0.05) is 0 Å². The van der Waals surface area contributed by atoms with Crippen LogP contribution in [0.3, 0.4) is 0 Å². The number of aliphatic hydroxyl groups excluding tert-OH is 3. The van der Waals surface area contributed by atoms with E-state index in [2.05, 4.69) is 0 Å². The number of rotatable bonds is 3. The minimum atomic E-state index is -2.27. The highest BCUT2D eigenvalue weighted by Gasteiger charge is 2.33. The van der Waals surface area contributed by atoms with Gasteiger partial charge in [0.15, 0.2) is 25.7 Å². The van der Waals surface area contributed by atoms with Crippen molar-refractivity contribution >= 4 is 17.9 Å². The van der Waals surface area contributed by atoms with Crippen LogP contribution in [-0.2, 0) is 0 Å². The third-order valence-electron chi connectivity index (χ3n) is 0.760. The summed E-state index contributed by atoms with van der Waals surface area (Å²) in [6, 6.07) is 0. The Morgan fingerprint density at radius 3 is 1.25 bits per heavy atom. The Hall–Kier alpha value is 0.600. The minimum Gasteiger partial charge on any atom is -0.360 e. The predicted octanol–water partition coefficient (Wildman–Crippen LogP) is 0.00720. The first-order valence-corrected chi connectivity index (χ1v) is 5.32. The van der Waals surface area contributed by atoms with Gasteiger partial charge >= 0.3 is 0 Å². The van der Waals surface area contributed by atoms with Gasteiger partial charge in [0.05, 0.1) is 11.2 Å². The molecule has 0 aliphatic carbocycles. The van der Waals surface area contributed by atoms with Crippen molar-refractivity contribution in [2.24, 2.45) is 0 Å². The molecule has 0 fully saturated rings. The highest BCUT2D eigenvalue weighted by Crippen LogP contribution is 2.61. The molecule has 0 aliphatic heterocycles.